The zero-order chi connectivity index (χ0) is 25.5. The van der Waals surface area contributed by atoms with E-state index in [-0.39, 0.29) is 10.8 Å². The van der Waals surface area contributed by atoms with Gasteiger partial charge in [-0.15, -0.1) is 23.5 Å². The molecule has 0 spiro atoms. The maximum Gasteiger partial charge on any atom is 0.264 e. The fraction of sp³-hybridized carbons (Fsp3) is 0.107. The molecule has 0 aliphatic carbocycles. The molecular weight excluding hydrogens is 509 g/mol. The third-order valence-electron chi connectivity index (χ3n) is 5.57. The average Bonchev–Trinajstić information content (AvgIpc) is 2.93. The van der Waals surface area contributed by atoms with E-state index in [0.717, 1.165) is 10.6 Å². The predicted octanol–water partition coefficient (Wildman–Crippen LogP) is 6.78. The van der Waals surface area contributed by atoms with Crippen LogP contribution in [-0.4, -0.2) is 27.6 Å². The number of nitrogens with zero attached hydrogens (tertiary/aromatic N) is 1. The molecule has 0 aliphatic heterocycles. The van der Waals surface area contributed by atoms with Crippen LogP contribution in [-0.2, 0) is 15.8 Å². The number of thioether (sulfide) groups is 2. The van der Waals surface area contributed by atoms with Crippen molar-refractivity contribution < 1.29 is 13.2 Å². The second-order valence-corrected chi connectivity index (χ2v) is 11.8. The topological polar surface area (TPSA) is 66.5 Å². The Kier molecular flexibility index (Phi) is 8.40. The van der Waals surface area contributed by atoms with E-state index < -0.39 is 10.0 Å². The molecule has 0 aliphatic rings. The summed E-state index contributed by atoms with van der Waals surface area (Å²) in [5.41, 5.74) is 2.78. The molecule has 0 radical (unpaired) electrons. The predicted molar refractivity (Wildman–Crippen MR) is 151 cm³/mol. The molecule has 5 nitrogen and oxygen atoms in total. The van der Waals surface area contributed by atoms with Crippen molar-refractivity contribution >= 4 is 50.8 Å². The SMILES string of the molecule is CSc1ccc(S(=O)(=O)N(C)c2ccc(C(=O)Nc3ccc(CSc4ccccc4)cc3)cc2)cc1. The van der Waals surface area contributed by atoms with Crippen LogP contribution in [0.2, 0.25) is 0 Å². The monoisotopic (exact) mass is 534 g/mol. The Hall–Kier alpha value is -3.20. The van der Waals surface area contributed by atoms with Gasteiger partial charge in [0, 0.05) is 33.8 Å². The Balaban J connectivity index is 1.37. The highest BCUT2D eigenvalue weighted by Gasteiger charge is 2.21. The number of benzene rings is 4. The third kappa shape index (κ3) is 6.32. The molecule has 0 fully saturated rings. The van der Waals surface area contributed by atoms with Gasteiger partial charge in [0.1, 0.15) is 0 Å². The Morgan fingerprint density at radius 2 is 1.44 bits per heavy atom. The molecule has 1 N–H and O–H groups in total. The van der Waals surface area contributed by atoms with Crippen molar-refractivity contribution in [1.29, 1.82) is 0 Å². The third-order valence-corrected chi connectivity index (χ3v) is 9.20. The van der Waals surface area contributed by atoms with E-state index in [0.29, 0.717) is 16.9 Å². The molecule has 4 aromatic rings. The first kappa shape index (κ1) is 25.9. The number of hydrogen-bond acceptors (Lipinski definition) is 5. The van der Waals surface area contributed by atoms with Crippen LogP contribution in [0, 0.1) is 0 Å². The molecule has 184 valence electrons. The van der Waals surface area contributed by atoms with Gasteiger partial charge in [0.15, 0.2) is 0 Å². The van der Waals surface area contributed by atoms with Crippen LogP contribution >= 0.6 is 23.5 Å². The summed E-state index contributed by atoms with van der Waals surface area (Å²) in [5.74, 6) is 0.587. The van der Waals surface area contributed by atoms with Crippen molar-refractivity contribution in [3.63, 3.8) is 0 Å². The van der Waals surface area contributed by atoms with Gasteiger partial charge in [0.2, 0.25) is 0 Å². The lowest BCUT2D eigenvalue weighted by molar-refractivity contribution is 0.102. The van der Waals surface area contributed by atoms with Crippen LogP contribution in [0.5, 0.6) is 0 Å². The number of anilines is 2. The van der Waals surface area contributed by atoms with Crippen molar-refractivity contribution in [3.05, 3.63) is 114 Å². The van der Waals surface area contributed by atoms with Crippen LogP contribution in [0.4, 0.5) is 11.4 Å². The summed E-state index contributed by atoms with van der Waals surface area (Å²) < 4.78 is 27.2. The quantitative estimate of drug-likeness (QED) is 0.240. The van der Waals surface area contributed by atoms with E-state index in [1.165, 1.54) is 21.8 Å². The number of nitrogens with one attached hydrogen (secondary N) is 1. The van der Waals surface area contributed by atoms with E-state index in [2.05, 4.69) is 17.4 Å². The molecule has 0 aromatic heterocycles. The molecule has 0 saturated carbocycles. The lowest BCUT2D eigenvalue weighted by Crippen LogP contribution is -2.26. The number of carbonyl (C=O) groups is 1. The van der Waals surface area contributed by atoms with Gasteiger partial charge in [-0.25, -0.2) is 8.42 Å². The summed E-state index contributed by atoms with van der Waals surface area (Å²) >= 11 is 3.31. The van der Waals surface area contributed by atoms with E-state index in [4.69, 9.17) is 0 Å². The van der Waals surface area contributed by atoms with Crippen molar-refractivity contribution in [2.45, 2.75) is 20.4 Å². The van der Waals surface area contributed by atoms with Crippen molar-refractivity contribution in [2.24, 2.45) is 0 Å². The number of carbonyl (C=O) groups excluding carboxylic acids is 1. The Bertz CT molecular complexity index is 1410. The fourth-order valence-corrected chi connectivity index (χ4v) is 5.92. The molecule has 4 aromatic carbocycles. The Labute approximate surface area is 221 Å². The van der Waals surface area contributed by atoms with Gasteiger partial charge in [-0.05, 0) is 84.6 Å². The van der Waals surface area contributed by atoms with Gasteiger partial charge in [0.25, 0.3) is 15.9 Å². The smallest absolute Gasteiger partial charge is 0.264 e. The first-order chi connectivity index (χ1) is 17.4. The minimum Gasteiger partial charge on any atom is -0.322 e. The largest absolute Gasteiger partial charge is 0.322 e. The van der Waals surface area contributed by atoms with E-state index >= 15 is 0 Å². The minimum absolute atomic E-state index is 0.218. The van der Waals surface area contributed by atoms with Crippen LogP contribution in [0.3, 0.4) is 0 Å². The van der Waals surface area contributed by atoms with Crippen LogP contribution in [0.1, 0.15) is 15.9 Å². The minimum atomic E-state index is -3.70. The standard InChI is InChI=1S/C28H26N2O3S3/c1-30(36(32,33)27-18-16-25(34-2)17-19-27)24-14-10-22(11-15-24)28(31)29-23-12-8-21(9-13-23)20-35-26-6-4-3-5-7-26/h3-19H,20H2,1-2H3,(H,29,31). The summed E-state index contributed by atoms with van der Waals surface area (Å²) in [5, 5.41) is 2.90. The molecule has 8 heteroatoms. The molecule has 0 atom stereocenters. The van der Waals surface area contributed by atoms with Crippen LogP contribution in [0.15, 0.2) is 118 Å². The summed E-state index contributed by atoms with van der Waals surface area (Å²) in [6.45, 7) is 0. The highest BCUT2D eigenvalue weighted by Crippen LogP contribution is 2.25. The van der Waals surface area contributed by atoms with E-state index in [1.807, 2.05) is 48.7 Å². The normalized spacial score (nSPS) is 11.2. The first-order valence-corrected chi connectivity index (χ1v) is 14.8. The van der Waals surface area contributed by atoms with Crippen molar-refractivity contribution in [2.75, 3.05) is 22.9 Å². The average molecular weight is 535 g/mol. The summed E-state index contributed by atoms with van der Waals surface area (Å²) in [6.07, 6.45) is 1.94. The number of hydrogen-bond donors (Lipinski definition) is 1. The Morgan fingerprint density at radius 3 is 2.06 bits per heavy atom. The lowest BCUT2D eigenvalue weighted by Gasteiger charge is -2.20. The van der Waals surface area contributed by atoms with Crippen molar-refractivity contribution in [1.82, 2.24) is 0 Å². The molecule has 0 unspecified atom stereocenters. The van der Waals surface area contributed by atoms with Crippen LogP contribution < -0.4 is 9.62 Å². The zero-order valence-corrected chi connectivity index (χ0v) is 22.4. The van der Waals surface area contributed by atoms with E-state index in [1.54, 1.807) is 72.1 Å². The summed E-state index contributed by atoms with van der Waals surface area (Å²) in [4.78, 5) is 15.1. The van der Waals surface area contributed by atoms with Gasteiger partial charge in [0.05, 0.1) is 10.6 Å². The van der Waals surface area contributed by atoms with Gasteiger partial charge < -0.3 is 5.32 Å². The van der Waals surface area contributed by atoms with Gasteiger partial charge in [-0.2, -0.15) is 0 Å². The number of sulfonamides is 1. The van der Waals surface area contributed by atoms with Gasteiger partial charge in [-0.3, -0.25) is 9.10 Å². The van der Waals surface area contributed by atoms with Crippen LogP contribution in [0.25, 0.3) is 0 Å². The molecular formula is C28H26N2O3S3. The summed E-state index contributed by atoms with van der Waals surface area (Å²) in [7, 11) is -2.20. The second kappa shape index (κ2) is 11.7. The fourth-order valence-electron chi connectivity index (χ4n) is 3.44. The summed E-state index contributed by atoms with van der Waals surface area (Å²) in [6, 6.07) is 31.3. The molecule has 36 heavy (non-hydrogen) atoms. The first-order valence-electron chi connectivity index (χ1n) is 11.2. The molecule has 1 amide bonds. The second-order valence-electron chi connectivity index (χ2n) is 7.95. The highest BCUT2D eigenvalue weighted by molar-refractivity contribution is 7.98. The number of amides is 1. The number of rotatable bonds is 9. The van der Waals surface area contributed by atoms with Crippen molar-refractivity contribution in [3.8, 4) is 0 Å². The molecule has 4 rings (SSSR count). The van der Waals surface area contributed by atoms with Gasteiger partial charge in [-0.1, -0.05) is 30.3 Å². The molecule has 0 bridgehead atoms. The van der Waals surface area contributed by atoms with E-state index in [9.17, 15) is 13.2 Å². The Morgan fingerprint density at radius 1 is 0.806 bits per heavy atom. The van der Waals surface area contributed by atoms with Gasteiger partial charge >= 0.3 is 0 Å². The molecule has 0 saturated heterocycles. The maximum absolute atomic E-state index is 13.0. The zero-order valence-electron chi connectivity index (χ0n) is 19.9. The maximum atomic E-state index is 13.0. The molecule has 0 heterocycles. The lowest BCUT2D eigenvalue weighted by atomic mass is 10.1. The highest BCUT2D eigenvalue weighted by atomic mass is 32.2.